The Kier molecular flexibility index (Phi) is 4.71. The number of fused-ring (bicyclic) bond motifs is 1. The van der Waals surface area contributed by atoms with Crippen molar-refractivity contribution in [3.63, 3.8) is 0 Å². The van der Waals surface area contributed by atoms with Crippen LogP contribution >= 0.6 is 11.6 Å². The van der Waals surface area contributed by atoms with Crippen LogP contribution in [0.2, 0.25) is 5.02 Å². The van der Waals surface area contributed by atoms with Gasteiger partial charge in [0.25, 0.3) is 5.56 Å². The molecule has 2 heterocycles. The van der Waals surface area contributed by atoms with Crippen molar-refractivity contribution in [1.29, 1.82) is 0 Å². The van der Waals surface area contributed by atoms with Crippen LogP contribution in [0.1, 0.15) is 5.56 Å². The molecule has 9 heteroatoms. The molecule has 0 aliphatic rings. The highest BCUT2D eigenvalue weighted by Crippen LogP contribution is 2.28. The Balaban J connectivity index is 1.99. The average Bonchev–Trinajstić information content (AvgIpc) is 3.06. The first-order valence-electron chi connectivity index (χ1n) is 8.70. The summed E-state index contributed by atoms with van der Waals surface area (Å²) in [5.41, 5.74) is -0.0616. The zero-order chi connectivity index (χ0) is 20.7. The third-order valence-corrected chi connectivity index (χ3v) is 5.01. The van der Waals surface area contributed by atoms with Gasteiger partial charge in [-0.15, -0.1) is 0 Å². The van der Waals surface area contributed by atoms with Crippen molar-refractivity contribution in [2.45, 2.75) is 6.54 Å². The van der Waals surface area contributed by atoms with E-state index in [0.717, 1.165) is 4.57 Å². The molecule has 0 unspecified atom stereocenters. The van der Waals surface area contributed by atoms with E-state index < -0.39 is 17.1 Å². The van der Waals surface area contributed by atoms with E-state index >= 15 is 0 Å². The SMILES string of the molecule is Cn1c(=O)c2c(nc(Oc3ccccc3F)n2Cc2ccccc2Cl)n(C)c1=O. The number of hydrogen-bond donors (Lipinski definition) is 0. The molecule has 0 aliphatic heterocycles. The molecular weight excluding hydrogens is 399 g/mol. The molecule has 0 atom stereocenters. The second-order valence-corrected chi connectivity index (χ2v) is 6.89. The van der Waals surface area contributed by atoms with Gasteiger partial charge in [-0.25, -0.2) is 9.18 Å². The lowest BCUT2D eigenvalue weighted by Gasteiger charge is -2.11. The van der Waals surface area contributed by atoms with Crippen molar-refractivity contribution in [1.82, 2.24) is 18.7 Å². The second-order valence-electron chi connectivity index (χ2n) is 6.48. The highest BCUT2D eigenvalue weighted by Gasteiger charge is 2.22. The number of rotatable bonds is 4. The van der Waals surface area contributed by atoms with Crippen LogP contribution in [-0.4, -0.2) is 18.7 Å². The van der Waals surface area contributed by atoms with Gasteiger partial charge in [-0.2, -0.15) is 4.98 Å². The van der Waals surface area contributed by atoms with Crippen molar-refractivity contribution in [2.24, 2.45) is 14.1 Å². The number of benzene rings is 2. The fourth-order valence-corrected chi connectivity index (χ4v) is 3.27. The molecule has 0 saturated carbocycles. The third-order valence-electron chi connectivity index (χ3n) is 4.64. The number of aromatic nitrogens is 4. The van der Waals surface area contributed by atoms with Crippen LogP contribution in [0.4, 0.5) is 4.39 Å². The van der Waals surface area contributed by atoms with E-state index in [1.807, 2.05) is 6.07 Å². The summed E-state index contributed by atoms with van der Waals surface area (Å²) in [6.07, 6.45) is 0. The number of ether oxygens (including phenoxy) is 1. The Hall–Kier alpha value is -3.39. The summed E-state index contributed by atoms with van der Waals surface area (Å²) in [5, 5.41) is 0.493. The molecule has 29 heavy (non-hydrogen) atoms. The minimum absolute atomic E-state index is 0.0247. The van der Waals surface area contributed by atoms with E-state index in [0.29, 0.717) is 10.6 Å². The molecule has 0 N–H and O–H groups in total. The molecule has 0 bridgehead atoms. The molecule has 0 fully saturated rings. The molecule has 0 radical (unpaired) electrons. The van der Waals surface area contributed by atoms with Crippen molar-refractivity contribution in [3.8, 4) is 11.8 Å². The lowest BCUT2D eigenvalue weighted by atomic mass is 10.2. The summed E-state index contributed by atoms with van der Waals surface area (Å²) in [4.78, 5) is 29.5. The fraction of sp³-hybridized carbons (Fsp3) is 0.150. The quantitative estimate of drug-likeness (QED) is 0.514. The van der Waals surface area contributed by atoms with E-state index in [4.69, 9.17) is 16.3 Å². The predicted molar refractivity (Wildman–Crippen MR) is 107 cm³/mol. The summed E-state index contributed by atoms with van der Waals surface area (Å²) in [5.74, 6) is -0.629. The van der Waals surface area contributed by atoms with Crippen LogP contribution in [-0.2, 0) is 20.6 Å². The normalized spacial score (nSPS) is 11.2. The van der Waals surface area contributed by atoms with E-state index in [-0.39, 0.29) is 29.5 Å². The molecule has 2 aromatic carbocycles. The molecule has 0 saturated heterocycles. The molecule has 148 valence electrons. The molecule has 0 amide bonds. The second kappa shape index (κ2) is 7.21. The smallest absolute Gasteiger partial charge is 0.332 e. The first kappa shape index (κ1) is 18.9. The first-order chi connectivity index (χ1) is 13.9. The Bertz CT molecular complexity index is 1360. The van der Waals surface area contributed by atoms with Crippen LogP contribution in [0.5, 0.6) is 11.8 Å². The molecular formula is C20H16ClFN4O3. The van der Waals surface area contributed by atoms with Crippen LogP contribution in [0, 0.1) is 5.82 Å². The topological polar surface area (TPSA) is 71.1 Å². The van der Waals surface area contributed by atoms with Gasteiger partial charge in [0, 0.05) is 19.1 Å². The third kappa shape index (κ3) is 3.21. The van der Waals surface area contributed by atoms with E-state index in [9.17, 15) is 14.0 Å². The van der Waals surface area contributed by atoms with Crippen molar-refractivity contribution >= 4 is 22.8 Å². The summed E-state index contributed by atoms with van der Waals surface area (Å²) in [6, 6.07) is 13.0. The van der Waals surface area contributed by atoms with Gasteiger partial charge in [-0.05, 0) is 23.8 Å². The number of hydrogen-bond acceptors (Lipinski definition) is 4. The van der Waals surface area contributed by atoms with Gasteiger partial charge in [-0.1, -0.05) is 41.9 Å². The maximum atomic E-state index is 14.1. The number of halogens is 2. The Morgan fingerprint density at radius 2 is 1.72 bits per heavy atom. The van der Waals surface area contributed by atoms with E-state index in [1.165, 1.54) is 41.4 Å². The zero-order valence-corrected chi connectivity index (χ0v) is 16.4. The van der Waals surface area contributed by atoms with Gasteiger partial charge in [-0.3, -0.25) is 18.5 Å². The highest BCUT2D eigenvalue weighted by atomic mass is 35.5. The van der Waals surface area contributed by atoms with Crippen LogP contribution in [0.15, 0.2) is 58.1 Å². The maximum absolute atomic E-state index is 14.1. The summed E-state index contributed by atoms with van der Waals surface area (Å²) < 4.78 is 23.6. The lowest BCUT2D eigenvalue weighted by Crippen LogP contribution is -2.37. The molecule has 7 nitrogen and oxygen atoms in total. The van der Waals surface area contributed by atoms with Crippen LogP contribution in [0.3, 0.4) is 0 Å². The van der Waals surface area contributed by atoms with Gasteiger partial charge >= 0.3 is 11.7 Å². The van der Waals surface area contributed by atoms with Crippen LogP contribution in [0.25, 0.3) is 11.2 Å². The number of para-hydroxylation sites is 1. The number of imidazole rings is 1. The number of aryl methyl sites for hydroxylation is 1. The van der Waals surface area contributed by atoms with Gasteiger partial charge in [0.2, 0.25) is 0 Å². The largest absolute Gasteiger partial charge is 0.422 e. The fourth-order valence-electron chi connectivity index (χ4n) is 3.07. The number of nitrogens with zero attached hydrogens (tertiary/aromatic N) is 4. The lowest BCUT2D eigenvalue weighted by molar-refractivity contribution is 0.395. The first-order valence-corrected chi connectivity index (χ1v) is 9.08. The molecule has 4 rings (SSSR count). The molecule has 0 aliphatic carbocycles. The van der Waals surface area contributed by atoms with Crippen molar-refractivity contribution < 1.29 is 9.13 Å². The Labute approximate surface area is 169 Å². The van der Waals surface area contributed by atoms with Gasteiger partial charge in [0.1, 0.15) is 0 Å². The average molecular weight is 415 g/mol. The summed E-state index contributed by atoms with van der Waals surface area (Å²) >= 11 is 6.28. The van der Waals surface area contributed by atoms with Gasteiger partial charge < -0.3 is 4.74 Å². The minimum atomic E-state index is -0.578. The predicted octanol–water partition coefficient (Wildman–Crippen LogP) is 3.07. The van der Waals surface area contributed by atoms with Crippen molar-refractivity contribution in [2.75, 3.05) is 0 Å². The minimum Gasteiger partial charge on any atom is -0.422 e. The molecule has 0 spiro atoms. The zero-order valence-electron chi connectivity index (χ0n) is 15.6. The standard InChI is InChI=1S/C20H16ClFN4O3/c1-24-17-16(18(27)25(2)20(24)28)26(11-12-7-3-4-8-13(12)21)19(23-17)29-15-10-6-5-9-14(15)22/h3-10H,11H2,1-2H3. The van der Waals surface area contributed by atoms with E-state index in [2.05, 4.69) is 4.98 Å². The van der Waals surface area contributed by atoms with E-state index in [1.54, 1.807) is 24.3 Å². The Morgan fingerprint density at radius 3 is 2.45 bits per heavy atom. The molecule has 2 aromatic heterocycles. The van der Waals surface area contributed by atoms with Gasteiger partial charge in [0.05, 0.1) is 6.54 Å². The maximum Gasteiger partial charge on any atom is 0.332 e. The highest BCUT2D eigenvalue weighted by molar-refractivity contribution is 6.31. The monoisotopic (exact) mass is 414 g/mol. The molecule has 4 aromatic rings. The summed E-state index contributed by atoms with van der Waals surface area (Å²) in [6.45, 7) is 0.146. The van der Waals surface area contributed by atoms with Gasteiger partial charge in [0.15, 0.2) is 22.7 Å². The van der Waals surface area contributed by atoms with Crippen molar-refractivity contribution in [3.05, 3.63) is 85.8 Å². The van der Waals surface area contributed by atoms with Crippen LogP contribution < -0.4 is 16.0 Å². The Morgan fingerprint density at radius 1 is 1.03 bits per heavy atom. The summed E-state index contributed by atoms with van der Waals surface area (Å²) in [7, 11) is 2.89.